The molecule has 0 saturated heterocycles. The smallest absolute Gasteiger partial charge is 0.200 e. The van der Waals surface area contributed by atoms with E-state index in [2.05, 4.69) is 47.8 Å². The Kier molecular flexibility index (Phi) is 6.92. The van der Waals surface area contributed by atoms with Crippen molar-refractivity contribution >= 4 is 71.4 Å². The molecule has 0 fully saturated rings. The van der Waals surface area contributed by atoms with E-state index in [-0.39, 0.29) is 5.78 Å². The van der Waals surface area contributed by atoms with E-state index in [1.165, 1.54) is 11.8 Å². The second-order valence-electron chi connectivity index (χ2n) is 5.43. The molecule has 0 atom stereocenters. The van der Waals surface area contributed by atoms with Crippen LogP contribution in [0.1, 0.15) is 15.9 Å². The number of ketones is 1. The monoisotopic (exact) mass is 550 g/mol. The number of hydrogen-bond donors (Lipinski definition) is 0. The summed E-state index contributed by atoms with van der Waals surface area (Å²) in [5.41, 5.74) is 1.63. The van der Waals surface area contributed by atoms with Gasteiger partial charge in [0, 0.05) is 23.9 Å². The van der Waals surface area contributed by atoms with Gasteiger partial charge in [-0.3, -0.25) is 4.79 Å². The van der Waals surface area contributed by atoms with Gasteiger partial charge in [-0.15, -0.1) is 0 Å². The molecular weight excluding hydrogens is 540 g/mol. The van der Waals surface area contributed by atoms with Crippen LogP contribution in [0.4, 0.5) is 0 Å². The van der Waals surface area contributed by atoms with E-state index in [0.29, 0.717) is 10.5 Å². The first-order valence-electron chi connectivity index (χ1n) is 7.73. The number of carbonyl (C=O) groups is 1. The Morgan fingerprint density at radius 2 is 1.35 bits per heavy atom. The van der Waals surface area contributed by atoms with E-state index in [9.17, 15) is 4.79 Å². The molecule has 3 aromatic carbocycles. The van der Waals surface area contributed by atoms with Crippen LogP contribution in [0.25, 0.3) is 6.08 Å². The maximum absolute atomic E-state index is 13.2. The number of halogens is 3. The van der Waals surface area contributed by atoms with Crippen LogP contribution in [0.2, 0.25) is 0 Å². The highest BCUT2D eigenvalue weighted by atomic mass is 79.9. The molecule has 3 aromatic rings. The van der Waals surface area contributed by atoms with Crippen molar-refractivity contribution < 1.29 is 4.79 Å². The zero-order chi connectivity index (χ0) is 18.5. The summed E-state index contributed by atoms with van der Waals surface area (Å²) < 4.78 is 2.81. The van der Waals surface area contributed by atoms with Crippen molar-refractivity contribution in [1.29, 1.82) is 0 Å². The van der Waals surface area contributed by atoms with Crippen LogP contribution < -0.4 is 0 Å². The van der Waals surface area contributed by atoms with Gasteiger partial charge in [0.15, 0.2) is 0 Å². The number of rotatable bonds is 5. The van der Waals surface area contributed by atoms with E-state index < -0.39 is 0 Å². The second kappa shape index (κ2) is 9.18. The van der Waals surface area contributed by atoms with Crippen molar-refractivity contribution in [2.45, 2.75) is 4.90 Å². The van der Waals surface area contributed by atoms with Crippen molar-refractivity contribution in [2.75, 3.05) is 0 Å². The molecule has 0 heterocycles. The maximum atomic E-state index is 13.2. The molecule has 0 unspecified atom stereocenters. The molecule has 0 saturated carbocycles. The van der Waals surface area contributed by atoms with Crippen molar-refractivity contribution in [3.63, 3.8) is 0 Å². The molecule has 1 nitrogen and oxygen atoms in total. The van der Waals surface area contributed by atoms with Crippen molar-refractivity contribution in [2.24, 2.45) is 0 Å². The number of carbonyl (C=O) groups excluding carboxylic acids is 1. The second-order valence-corrected chi connectivity index (χ2v) is 9.23. The fourth-order valence-electron chi connectivity index (χ4n) is 2.26. The van der Waals surface area contributed by atoms with Gasteiger partial charge in [0.1, 0.15) is 0 Å². The van der Waals surface area contributed by atoms with Crippen LogP contribution in [-0.4, -0.2) is 5.78 Å². The maximum Gasteiger partial charge on any atom is 0.200 e. The normalized spacial score (nSPS) is 11.4. The fourth-order valence-corrected chi connectivity index (χ4v) is 4.18. The highest BCUT2D eigenvalue weighted by Crippen LogP contribution is 2.33. The van der Waals surface area contributed by atoms with E-state index in [1.807, 2.05) is 78.9 Å². The summed E-state index contributed by atoms with van der Waals surface area (Å²) in [6.07, 6.45) is 1.93. The van der Waals surface area contributed by atoms with E-state index >= 15 is 0 Å². The Balaban J connectivity index is 2.00. The predicted molar refractivity (Wildman–Crippen MR) is 121 cm³/mol. The Morgan fingerprint density at radius 3 is 1.96 bits per heavy atom. The number of Topliss-reactive ketones (excluding diaryl/α,β-unsaturated/α-hetero) is 1. The summed E-state index contributed by atoms with van der Waals surface area (Å²) in [4.78, 5) is 14.8. The Hall–Kier alpha value is -1.14. The van der Waals surface area contributed by atoms with E-state index in [1.54, 1.807) is 0 Å². The molecule has 0 bridgehead atoms. The van der Waals surface area contributed by atoms with Crippen molar-refractivity contribution in [3.05, 3.63) is 102 Å². The molecule has 0 aliphatic rings. The molecule has 26 heavy (non-hydrogen) atoms. The largest absolute Gasteiger partial charge is 0.288 e. The van der Waals surface area contributed by atoms with Crippen molar-refractivity contribution in [3.8, 4) is 0 Å². The predicted octanol–water partition coefficient (Wildman–Crippen LogP) is 7.99. The van der Waals surface area contributed by atoms with Crippen LogP contribution in [0, 0.1) is 0 Å². The quantitative estimate of drug-likeness (QED) is 0.181. The Morgan fingerprint density at radius 1 is 0.769 bits per heavy atom. The molecule has 0 aromatic heterocycles. The molecule has 0 aliphatic carbocycles. The first-order chi connectivity index (χ1) is 12.5. The van der Waals surface area contributed by atoms with Gasteiger partial charge in [-0.1, -0.05) is 83.8 Å². The summed E-state index contributed by atoms with van der Waals surface area (Å²) in [5.74, 6) is -0.00619. The third-order valence-electron chi connectivity index (χ3n) is 3.55. The molecule has 3 rings (SSSR count). The van der Waals surface area contributed by atoms with Gasteiger partial charge in [-0.25, -0.2) is 0 Å². The van der Waals surface area contributed by atoms with Gasteiger partial charge in [0.05, 0.1) is 4.91 Å². The number of benzene rings is 3. The molecule has 5 heteroatoms. The highest BCUT2D eigenvalue weighted by Gasteiger charge is 2.16. The van der Waals surface area contributed by atoms with Gasteiger partial charge < -0.3 is 0 Å². The summed E-state index contributed by atoms with van der Waals surface area (Å²) in [6.45, 7) is 0. The minimum atomic E-state index is -0.00619. The third kappa shape index (κ3) is 5.19. The molecule has 0 N–H and O–H groups in total. The van der Waals surface area contributed by atoms with Crippen LogP contribution in [0.15, 0.2) is 96.0 Å². The van der Waals surface area contributed by atoms with E-state index in [0.717, 1.165) is 23.9 Å². The number of thioether (sulfide) groups is 1. The standard InChI is InChI=1S/C21H13Br3OS/c22-15-7-5-14(6-8-15)13-20(26-17-11-9-16(23)10-12-17)21(25)18-3-1-2-4-19(18)24/h1-13H/b20-13-. The van der Waals surface area contributed by atoms with Crippen molar-refractivity contribution in [1.82, 2.24) is 0 Å². The zero-order valence-corrected chi connectivity index (χ0v) is 19.0. The average molecular weight is 553 g/mol. The lowest BCUT2D eigenvalue weighted by molar-refractivity contribution is 0.104. The van der Waals surface area contributed by atoms with E-state index in [4.69, 9.17) is 0 Å². The molecular formula is C21H13Br3OS. The summed E-state index contributed by atoms with van der Waals surface area (Å²) >= 11 is 11.8. The number of allylic oxidation sites excluding steroid dienone is 1. The average Bonchev–Trinajstić information content (AvgIpc) is 2.64. The lowest BCUT2D eigenvalue weighted by atomic mass is 10.1. The molecule has 130 valence electrons. The summed E-state index contributed by atoms with van der Waals surface area (Å²) in [5, 5.41) is 0. The molecule has 0 spiro atoms. The molecule has 0 aliphatic heterocycles. The first-order valence-corrected chi connectivity index (χ1v) is 10.9. The minimum absolute atomic E-state index is 0.00619. The van der Waals surface area contributed by atoms with Crippen LogP contribution >= 0.6 is 59.6 Å². The van der Waals surface area contributed by atoms with Gasteiger partial charge >= 0.3 is 0 Å². The van der Waals surface area contributed by atoms with Crippen LogP contribution in [0.5, 0.6) is 0 Å². The summed E-state index contributed by atoms with van der Waals surface area (Å²) in [6, 6.07) is 23.4. The lowest BCUT2D eigenvalue weighted by Crippen LogP contribution is -2.02. The number of hydrogen-bond acceptors (Lipinski definition) is 2. The minimum Gasteiger partial charge on any atom is -0.288 e. The Labute approximate surface area is 182 Å². The SMILES string of the molecule is O=C(/C(=C/c1ccc(Br)cc1)Sc1ccc(Br)cc1)c1ccccc1Br. The van der Waals surface area contributed by atoms with Gasteiger partial charge in [-0.05, 0) is 60.2 Å². The topological polar surface area (TPSA) is 17.1 Å². The molecule has 0 amide bonds. The zero-order valence-electron chi connectivity index (χ0n) is 13.5. The summed E-state index contributed by atoms with van der Waals surface area (Å²) in [7, 11) is 0. The lowest BCUT2D eigenvalue weighted by Gasteiger charge is -2.09. The highest BCUT2D eigenvalue weighted by molar-refractivity contribution is 9.11. The van der Waals surface area contributed by atoms with Gasteiger partial charge in [0.25, 0.3) is 0 Å². The third-order valence-corrected chi connectivity index (χ3v) is 6.33. The van der Waals surface area contributed by atoms with Crippen LogP contribution in [-0.2, 0) is 0 Å². The van der Waals surface area contributed by atoms with Gasteiger partial charge in [-0.2, -0.15) is 0 Å². The van der Waals surface area contributed by atoms with Gasteiger partial charge in [0.2, 0.25) is 5.78 Å². The first kappa shape index (κ1) is 19.6. The Bertz CT molecular complexity index is 948. The molecule has 0 radical (unpaired) electrons. The van der Waals surface area contributed by atoms with Crippen LogP contribution in [0.3, 0.4) is 0 Å². The fraction of sp³-hybridized carbons (Fsp3) is 0.